The van der Waals surface area contributed by atoms with Crippen LogP contribution in [0.3, 0.4) is 0 Å². The van der Waals surface area contributed by atoms with Gasteiger partial charge in [-0.25, -0.2) is 4.98 Å². The molecular formula is C18H14N2OS. The fraction of sp³-hybridized carbons (Fsp3) is 0.111. The number of furan rings is 1. The number of hydrogen-bond acceptors (Lipinski definition) is 4. The van der Waals surface area contributed by atoms with Crippen molar-refractivity contribution in [3.05, 3.63) is 64.4 Å². The summed E-state index contributed by atoms with van der Waals surface area (Å²) < 4.78 is 5.25. The van der Waals surface area contributed by atoms with E-state index in [4.69, 9.17) is 4.42 Å². The number of hydrogen-bond donors (Lipinski definition) is 0. The number of aromatic nitrogens is 1. The maximum atomic E-state index is 9.33. The second kappa shape index (κ2) is 6.42. The number of allylic oxidation sites excluding steroid dienone is 1. The Balaban J connectivity index is 1.90. The van der Waals surface area contributed by atoms with E-state index in [2.05, 4.69) is 42.2 Å². The third-order valence-electron chi connectivity index (χ3n) is 3.34. The van der Waals surface area contributed by atoms with E-state index in [1.807, 2.05) is 11.4 Å². The average Bonchev–Trinajstić information content (AvgIpc) is 3.24. The monoisotopic (exact) mass is 306 g/mol. The summed E-state index contributed by atoms with van der Waals surface area (Å²) in [5.41, 5.74) is 3.77. The maximum absolute atomic E-state index is 9.33. The number of rotatable bonds is 4. The number of thiazole rings is 1. The van der Waals surface area contributed by atoms with E-state index in [1.54, 1.807) is 18.4 Å². The van der Waals surface area contributed by atoms with Crippen molar-refractivity contribution in [3.8, 4) is 17.3 Å². The Labute approximate surface area is 133 Å². The lowest BCUT2D eigenvalue weighted by atomic mass is 10.1. The van der Waals surface area contributed by atoms with Crippen LogP contribution in [-0.4, -0.2) is 4.98 Å². The van der Waals surface area contributed by atoms with Gasteiger partial charge < -0.3 is 4.42 Å². The molecule has 22 heavy (non-hydrogen) atoms. The molecule has 0 radical (unpaired) electrons. The van der Waals surface area contributed by atoms with Crippen molar-refractivity contribution in [2.24, 2.45) is 0 Å². The Hall–Kier alpha value is -2.64. The minimum absolute atomic E-state index is 0.511. The molecule has 0 saturated carbocycles. The molecule has 2 aromatic heterocycles. The van der Waals surface area contributed by atoms with Crippen LogP contribution in [0.2, 0.25) is 0 Å². The predicted molar refractivity (Wildman–Crippen MR) is 89.1 cm³/mol. The number of nitrogens with zero attached hydrogens (tertiary/aromatic N) is 2. The van der Waals surface area contributed by atoms with Crippen LogP contribution in [-0.2, 0) is 6.42 Å². The Morgan fingerprint density at radius 1 is 1.32 bits per heavy atom. The van der Waals surface area contributed by atoms with E-state index in [0.717, 1.165) is 17.7 Å². The van der Waals surface area contributed by atoms with E-state index in [-0.39, 0.29) is 0 Å². The smallest absolute Gasteiger partial charge is 0.134 e. The van der Waals surface area contributed by atoms with Crippen LogP contribution in [0, 0.1) is 11.3 Å². The molecule has 0 unspecified atom stereocenters. The van der Waals surface area contributed by atoms with Crippen molar-refractivity contribution < 1.29 is 4.42 Å². The van der Waals surface area contributed by atoms with Gasteiger partial charge in [0.25, 0.3) is 0 Å². The van der Waals surface area contributed by atoms with Crippen LogP contribution in [0.15, 0.2) is 52.5 Å². The van der Waals surface area contributed by atoms with Gasteiger partial charge in [0.1, 0.15) is 16.8 Å². The van der Waals surface area contributed by atoms with E-state index in [9.17, 15) is 5.26 Å². The lowest BCUT2D eigenvalue weighted by molar-refractivity contribution is 0.557. The van der Waals surface area contributed by atoms with Gasteiger partial charge in [-0.1, -0.05) is 31.2 Å². The zero-order valence-corrected chi connectivity index (χ0v) is 12.9. The standard InChI is InChI=1S/C18H14N2OS/c1-2-13-5-7-14(8-6-13)17-12-22-18(20-17)15(11-19)10-16-4-3-9-21-16/h3-10,12H,2H2,1H3/b15-10-. The van der Waals surface area contributed by atoms with Crippen molar-refractivity contribution in [3.63, 3.8) is 0 Å². The topological polar surface area (TPSA) is 49.8 Å². The highest BCUT2D eigenvalue weighted by molar-refractivity contribution is 7.11. The number of nitriles is 1. The van der Waals surface area contributed by atoms with Gasteiger partial charge in [-0.3, -0.25) is 0 Å². The largest absolute Gasteiger partial charge is 0.465 e. The summed E-state index contributed by atoms with van der Waals surface area (Å²) in [5, 5.41) is 12.0. The molecule has 3 nitrogen and oxygen atoms in total. The second-order valence-electron chi connectivity index (χ2n) is 4.77. The Morgan fingerprint density at radius 3 is 2.77 bits per heavy atom. The first-order valence-corrected chi connectivity index (χ1v) is 7.88. The van der Waals surface area contributed by atoms with Crippen LogP contribution in [0.25, 0.3) is 22.9 Å². The molecule has 1 aromatic carbocycles. The molecule has 0 aliphatic heterocycles. The van der Waals surface area contributed by atoms with Crippen molar-refractivity contribution in [1.29, 1.82) is 5.26 Å². The molecule has 0 fully saturated rings. The van der Waals surface area contributed by atoms with Gasteiger partial charge in [0.2, 0.25) is 0 Å². The summed E-state index contributed by atoms with van der Waals surface area (Å²) >= 11 is 1.47. The van der Waals surface area contributed by atoms with Gasteiger partial charge in [0.15, 0.2) is 0 Å². The molecule has 0 aliphatic carbocycles. The highest BCUT2D eigenvalue weighted by Gasteiger charge is 2.09. The number of aryl methyl sites for hydroxylation is 1. The fourth-order valence-corrected chi connectivity index (χ4v) is 2.89. The third-order valence-corrected chi connectivity index (χ3v) is 4.22. The quantitative estimate of drug-likeness (QED) is 0.635. The molecule has 4 heteroatoms. The van der Waals surface area contributed by atoms with E-state index in [0.29, 0.717) is 16.3 Å². The summed E-state index contributed by atoms with van der Waals surface area (Å²) in [6.07, 6.45) is 4.32. The van der Waals surface area contributed by atoms with Crippen LogP contribution in [0.5, 0.6) is 0 Å². The van der Waals surface area contributed by atoms with Crippen molar-refractivity contribution >= 4 is 23.0 Å². The van der Waals surface area contributed by atoms with Gasteiger partial charge in [0.05, 0.1) is 17.5 Å². The first kappa shape index (κ1) is 14.3. The summed E-state index contributed by atoms with van der Waals surface area (Å²) in [5.74, 6) is 0.653. The van der Waals surface area contributed by atoms with Crippen LogP contribution < -0.4 is 0 Å². The molecule has 0 N–H and O–H groups in total. The molecule has 0 aliphatic rings. The van der Waals surface area contributed by atoms with Gasteiger partial charge >= 0.3 is 0 Å². The highest BCUT2D eigenvalue weighted by Crippen LogP contribution is 2.27. The maximum Gasteiger partial charge on any atom is 0.134 e. The molecule has 0 spiro atoms. The van der Waals surface area contributed by atoms with Gasteiger partial charge in [-0.2, -0.15) is 5.26 Å². The van der Waals surface area contributed by atoms with Crippen molar-refractivity contribution in [2.45, 2.75) is 13.3 Å². The van der Waals surface area contributed by atoms with Crippen molar-refractivity contribution in [1.82, 2.24) is 4.98 Å². The summed E-state index contributed by atoms with van der Waals surface area (Å²) in [4.78, 5) is 4.57. The van der Waals surface area contributed by atoms with E-state index in [1.165, 1.54) is 16.9 Å². The fourth-order valence-electron chi connectivity index (χ4n) is 2.10. The van der Waals surface area contributed by atoms with Crippen LogP contribution in [0.4, 0.5) is 0 Å². The molecule has 0 atom stereocenters. The zero-order valence-electron chi connectivity index (χ0n) is 12.1. The first-order valence-electron chi connectivity index (χ1n) is 7.00. The van der Waals surface area contributed by atoms with Crippen LogP contribution >= 0.6 is 11.3 Å². The highest BCUT2D eigenvalue weighted by atomic mass is 32.1. The molecule has 0 amide bonds. The lowest BCUT2D eigenvalue weighted by Gasteiger charge is -1.99. The zero-order chi connectivity index (χ0) is 15.4. The van der Waals surface area contributed by atoms with Crippen LogP contribution in [0.1, 0.15) is 23.3 Å². The van der Waals surface area contributed by atoms with Gasteiger partial charge in [-0.15, -0.1) is 11.3 Å². The SMILES string of the molecule is CCc1ccc(-c2csc(/C(C#N)=C\c3ccco3)n2)cc1. The molecule has 2 heterocycles. The van der Waals surface area contributed by atoms with Gasteiger partial charge in [-0.05, 0) is 24.1 Å². The first-order chi connectivity index (χ1) is 10.8. The Bertz CT molecular complexity index is 821. The minimum atomic E-state index is 0.511. The average molecular weight is 306 g/mol. The third kappa shape index (κ3) is 3.00. The molecule has 3 aromatic rings. The molecule has 0 saturated heterocycles. The Kier molecular flexibility index (Phi) is 4.17. The van der Waals surface area contributed by atoms with E-state index < -0.39 is 0 Å². The molecule has 108 valence electrons. The van der Waals surface area contributed by atoms with Gasteiger partial charge in [0, 0.05) is 17.0 Å². The molecule has 3 rings (SSSR count). The molecule has 0 bridgehead atoms. The molecular weight excluding hydrogens is 292 g/mol. The van der Waals surface area contributed by atoms with E-state index >= 15 is 0 Å². The second-order valence-corrected chi connectivity index (χ2v) is 5.63. The Morgan fingerprint density at radius 2 is 2.14 bits per heavy atom. The minimum Gasteiger partial charge on any atom is -0.465 e. The van der Waals surface area contributed by atoms with Crippen molar-refractivity contribution in [2.75, 3.05) is 0 Å². The predicted octanol–water partition coefficient (Wildman–Crippen LogP) is 5.03. The summed E-state index contributed by atoms with van der Waals surface area (Å²) in [7, 11) is 0. The summed E-state index contributed by atoms with van der Waals surface area (Å²) in [6, 6.07) is 14.2. The normalized spacial score (nSPS) is 11.4. The lowest BCUT2D eigenvalue weighted by Crippen LogP contribution is -1.84. The number of benzene rings is 1. The summed E-state index contributed by atoms with van der Waals surface area (Å²) in [6.45, 7) is 2.13.